The molecule has 1 N–H and O–H groups in total. The minimum Gasteiger partial charge on any atom is -0.496 e. The van der Waals surface area contributed by atoms with Crippen LogP contribution >= 0.6 is 15.9 Å². The van der Waals surface area contributed by atoms with Gasteiger partial charge in [-0.3, -0.25) is 4.79 Å². The standard InChI is InChI=1S/C18H18BrNO3/c1-3-23-15-8-6-14(7-9-15)20-18(21)11-5-13-4-10-17(22-2)16(19)12-13/h4-12H,3H2,1-2H3,(H,20,21)/b11-5+. The average Bonchev–Trinajstić information content (AvgIpc) is 2.55. The van der Waals surface area contributed by atoms with Crippen LogP contribution < -0.4 is 14.8 Å². The fourth-order valence-corrected chi connectivity index (χ4v) is 2.50. The first-order valence-electron chi connectivity index (χ1n) is 7.18. The van der Waals surface area contributed by atoms with E-state index in [9.17, 15) is 4.79 Å². The number of rotatable bonds is 6. The maximum Gasteiger partial charge on any atom is 0.248 e. The maximum absolute atomic E-state index is 11.9. The second kappa shape index (κ2) is 8.39. The molecule has 4 nitrogen and oxygen atoms in total. The van der Waals surface area contributed by atoms with Gasteiger partial charge in [0.2, 0.25) is 5.91 Å². The van der Waals surface area contributed by atoms with E-state index in [0.717, 1.165) is 27.2 Å². The van der Waals surface area contributed by atoms with Gasteiger partial charge in [-0.2, -0.15) is 0 Å². The zero-order valence-electron chi connectivity index (χ0n) is 13.0. The molecule has 5 heteroatoms. The van der Waals surface area contributed by atoms with Crippen LogP contribution in [0.4, 0.5) is 5.69 Å². The fraction of sp³-hybridized carbons (Fsp3) is 0.167. The van der Waals surface area contributed by atoms with E-state index in [0.29, 0.717) is 6.61 Å². The molecule has 2 rings (SSSR count). The molecule has 2 aromatic carbocycles. The molecule has 0 heterocycles. The highest BCUT2D eigenvalue weighted by Crippen LogP contribution is 2.26. The van der Waals surface area contributed by atoms with Crippen molar-refractivity contribution in [3.05, 3.63) is 58.6 Å². The topological polar surface area (TPSA) is 47.6 Å². The Labute approximate surface area is 144 Å². The van der Waals surface area contributed by atoms with Crippen LogP contribution in [0.5, 0.6) is 11.5 Å². The highest BCUT2D eigenvalue weighted by Gasteiger charge is 2.01. The maximum atomic E-state index is 11.9. The first-order chi connectivity index (χ1) is 11.1. The third kappa shape index (κ3) is 5.14. The largest absolute Gasteiger partial charge is 0.496 e. The first-order valence-corrected chi connectivity index (χ1v) is 7.97. The minimum absolute atomic E-state index is 0.193. The number of carbonyl (C=O) groups excluding carboxylic acids is 1. The molecule has 0 aliphatic rings. The Bertz CT molecular complexity index is 696. The number of carbonyl (C=O) groups is 1. The van der Waals surface area contributed by atoms with E-state index in [1.165, 1.54) is 6.08 Å². The van der Waals surface area contributed by atoms with Crippen molar-refractivity contribution in [2.75, 3.05) is 19.0 Å². The number of amides is 1. The van der Waals surface area contributed by atoms with Crippen LogP contribution in [0.15, 0.2) is 53.0 Å². The lowest BCUT2D eigenvalue weighted by Gasteiger charge is -2.05. The van der Waals surface area contributed by atoms with Gasteiger partial charge in [-0.15, -0.1) is 0 Å². The number of nitrogens with one attached hydrogen (secondary N) is 1. The minimum atomic E-state index is -0.193. The molecule has 23 heavy (non-hydrogen) atoms. The van der Waals surface area contributed by atoms with Crippen LogP contribution in [-0.2, 0) is 4.79 Å². The molecule has 0 aromatic heterocycles. The summed E-state index contributed by atoms with van der Waals surface area (Å²) in [7, 11) is 1.61. The van der Waals surface area contributed by atoms with E-state index in [4.69, 9.17) is 9.47 Å². The number of hydrogen-bond donors (Lipinski definition) is 1. The Morgan fingerprint density at radius 2 is 1.96 bits per heavy atom. The predicted octanol–water partition coefficient (Wildman–Crippen LogP) is 4.51. The van der Waals surface area contributed by atoms with E-state index < -0.39 is 0 Å². The molecule has 0 unspecified atom stereocenters. The molecular formula is C18H18BrNO3. The second-order valence-electron chi connectivity index (χ2n) is 4.67. The van der Waals surface area contributed by atoms with Gasteiger partial charge in [-0.05, 0) is 70.9 Å². The van der Waals surface area contributed by atoms with Crippen molar-refractivity contribution in [3.8, 4) is 11.5 Å². The van der Waals surface area contributed by atoms with Crippen molar-refractivity contribution in [2.45, 2.75) is 6.92 Å². The highest BCUT2D eigenvalue weighted by atomic mass is 79.9. The third-order valence-corrected chi connectivity index (χ3v) is 3.66. The monoisotopic (exact) mass is 375 g/mol. The Morgan fingerprint density at radius 3 is 2.57 bits per heavy atom. The molecule has 2 aromatic rings. The van der Waals surface area contributed by atoms with Crippen LogP contribution in [-0.4, -0.2) is 19.6 Å². The summed E-state index contributed by atoms with van der Waals surface area (Å²) in [6.45, 7) is 2.55. The van der Waals surface area contributed by atoms with Crippen LogP contribution in [0.2, 0.25) is 0 Å². The van der Waals surface area contributed by atoms with Gasteiger partial charge in [-0.1, -0.05) is 6.07 Å². The first kappa shape index (κ1) is 17.1. The summed E-state index contributed by atoms with van der Waals surface area (Å²) in [5.41, 5.74) is 1.62. The van der Waals surface area contributed by atoms with Gasteiger partial charge in [0.15, 0.2) is 0 Å². The Morgan fingerprint density at radius 1 is 1.22 bits per heavy atom. The lowest BCUT2D eigenvalue weighted by Crippen LogP contribution is -2.07. The Kier molecular flexibility index (Phi) is 6.23. The second-order valence-corrected chi connectivity index (χ2v) is 5.53. The summed E-state index contributed by atoms with van der Waals surface area (Å²) >= 11 is 3.42. The van der Waals surface area contributed by atoms with Crippen molar-refractivity contribution in [1.29, 1.82) is 0 Å². The van der Waals surface area contributed by atoms with Crippen LogP contribution in [0.3, 0.4) is 0 Å². The molecule has 0 spiro atoms. The smallest absolute Gasteiger partial charge is 0.248 e. The normalized spacial score (nSPS) is 10.6. The van der Waals surface area contributed by atoms with Gasteiger partial charge in [0.1, 0.15) is 11.5 Å². The fourth-order valence-electron chi connectivity index (χ4n) is 1.94. The molecule has 0 aliphatic carbocycles. The van der Waals surface area contributed by atoms with E-state index >= 15 is 0 Å². The average molecular weight is 376 g/mol. The molecule has 0 saturated heterocycles. The quantitative estimate of drug-likeness (QED) is 0.755. The zero-order chi connectivity index (χ0) is 16.7. The number of anilines is 1. The Balaban J connectivity index is 1.97. The number of ether oxygens (including phenoxy) is 2. The summed E-state index contributed by atoms with van der Waals surface area (Å²) in [6, 6.07) is 12.9. The number of methoxy groups -OCH3 is 1. The van der Waals surface area contributed by atoms with E-state index in [1.54, 1.807) is 25.3 Å². The van der Waals surface area contributed by atoms with Gasteiger partial charge in [0.05, 0.1) is 18.2 Å². The summed E-state index contributed by atoms with van der Waals surface area (Å²) in [4.78, 5) is 11.9. The summed E-state index contributed by atoms with van der Waals surface area (Å²) in [5.74, 6) is 1.34. The molecule has 0 radical (unpaired) electrons. The molecule has 120 valence electrons. The van der Waals surface area contributed by atoms with Gasteiger partial charge in [0.25, 0.3) is 0 Å². The molecule has 0 fully saturated rings. The van der Waals surface area contributed by atoms with Crippen molar-refractivity contribution in [2.24, 2.45) is 0 Å². The van der Waals surface area contributed by atoms with Crippen molar-refractivity contribution in [3.63, 3.8) is 0 Å². The highest BCUT2D eigenvalue weighted by molar-refractivity contribution is 9.10. The summed E-state index contributed by atoms with van der Waals surface area (Å²) < 4.78 is 11.4. The van der Waals surface area contributed by atoms with E-state index in [1.807, 2.05) is 37.3 Å². The summed E-state index contributed by atoms with van der Waals surface area (Å²) in [6.07, 6.45) is 3.23. The van der Waals surface area contributed by atoms with Crippen molar-refractivity contribution in [1.82, 2.24) is 0 Å². The third-order valence-electron chi connectivity index (χ3n) is 3.04. The molecular weight excluding hydrogens is 358 g/mol. The van der Waals surface area contributed by atoms with Crippen LogP contribution in [0.25, 0.3) is 6.08 Å². The van der Waals surface area contributed by atoms with Crippen LogP contribution in [0.1, 0.15) is 12.5 Å². The number of hydrogen-bond acceptors (Lipinski definition) is 3. The zero-order valence-corrected chi connectivity index (χ0v) is 14.6. The van der Waals surface area contributed by atoms with Crippen molar-refractivity contribution < 1.29 is 14.3 Å². The molecule has 1 amide bonds. The van der Waals surface area contributed by atoms with Gasteiger partial charge >= 0.3 is 0 Å². The predicted molar refractivity (Wildman–Crippen MR) is 96.0 cm³/mol. The number of halogens is 1. The van der Waals surface area contributed by atoms with Crippen LogP contribution in [0, 0.1) is 0 Å². The van der Waals surface area contributed by atoms with Gasteiger partial charge < -0.3 is 14.8 Å². The molecule has 0 bridgehead atoms. The Hall–Kier alpha value is -2.27. The van der Waals surface area contributed by atoms with Gasteiger partial charge in [0, 0.05) is 11.8 Å². The SMILES string of the molecule is CCOc1ccc(NC(=O)/C=C/c2ccc(OC)c(Br)c2)cc1. The van der Waals surface area contributed by atoms with Gasteiger partial charge in [-0.25, -0.2) is 0 Å². The van der Waals surface area contributed by atoms with E-state index in [-0.39, 0.29) is 5.91 Å². The lowest BCUT2D eigenvalue weighted by atomic mass is 10.2. The molecule has 0 atom stereocenters. The summed E-state index contributed by atoms with van der Waals surface area (Å²) in [5, 5.41) is 2.80. The molecule has 0 aliphatic heterocycles. The lowest BCUT2D eigenvalue weighted by molar-refractivity contribution is -0.111. The van der Waals surface area contributed by atoms with Crippen molar-refractivity contribution >= 4 is 33.6 Å². The number of benzene rings is 2. The van der Waals surface area contributed by atoms with E-state index in [2.05, 4.69) is 21.2 Å². The molecule has 0 saturated carbocycles.